The summed E-state index contributed by atoms with van der Waals surface area (Å²) >= 11 is 2.67. The van der Waals surface area contributed by atoms with E-state index in [9.17, 15) is 19.2 Å². The molecule has 4 heterocycles. The number of carbonyl (C=O) groups is 3. The van der Waals surface area contributed by atoms with Crippen LogP contribution in [0.2, 0.25) is 0 Å². The number of carbonyl (C=O) groups excluding carboxylic acids is 3. The minimum absolute atomic E-state index is 0.0186. The van der Waals surface area contributed by atoms with E-state index in [0.717, 1.165) is 23.3 Å². The molecule has 1 atom stereocenters. The number of hydrogen-bond donors (Lipinski definition) is 1. The average Bonchev–Trinajstić information content (AvgIpc) is 3.52. The second-order valence-electron chi connectivity index (χ2n) is 9.29. The Morgan fingerprint density at radius 3 is 2.68 bits per heavy atom. The highest BCUT2D eigenvalue weighted by molar-refractivity contribution is 7.99. The van der Waals surface area contributed by atoms with Crippen molar-refractivity contribution in [1.82, 2.24) is 14.5 Å². The Labute approximate surface area is 222 Å². The lowest BCUT2D eigenvalue weighted by Crippen LogP contribution is -2.34. The van der Waals surface area contributed by atoms with Gasteiger partial charge in [-0.25, -0.2) is 4.98 Å². The molecular weight excluding hydrogens is 512 g/mol. The first-order valence-corrected chi connectivity index (χ1v) is 14.1. The van der Waals surface area contributed by atoms with Crippen LogP contribution < -0.4 is 10.9 Å². The standard InChI is InChI=1S/C26H28N4O5S2/c1-15(31)17-5-7-18(8-6-17)27-22(33)14-36-26-28-24-23(25(34)30(26)12-19-4-3-11-35-19)20-9-10-29(16(2)32)13-21(20)37-24/h5-8,19H,3-4,9-14H2,1-2H3,(H,27,33)/t19-/m0/s1. The molecule has 5 rings (SSSR count). The van der Waals surface area contributed by atoms with Gasteiger partial charge in [0.2, 0.25) is 11.8 Å². The van der Waals surface area contributed by atoms with E-state index in [0.29, 0.717) is 59.3 Å². The van der Waals surface area contributed by atoms with Crippen LogP contribution in [-0.2, 0) is 33.8 Å². The predicted molar refractivity (Wildman–Crippen MR) is 143 cm³/mol. The van der Waals surface area contributed by atoms with Crippen molar-refractivity contribution >= 4 is 56.6 Å². The third-order valence-electron chi connectivity index (χ3n) is 6.69. The number of nitrogens with one attached hydrogen (secondary N) is 1. The first-order valence-electron chi connectivity index (χ1n) is 12.3. The van der Waals surface area contributed by atoms with Gasteiger partial charge < -0.3 is 15.0 Å². The van der Waals surface area contributed by atoms with Gasteiger partial charge in [0, 0.05) is 36.2 Å². The van der Waals surface area contributed by atoms with Crippen LogP contribution in [0.15, 0.2) is 34.2 Å². The number of aromatic nitrogens is 2. The van der Waals surface area contributed by atoms with E-state index in [-0.39, 0.29) is 35.0 Å². The third kappa shape index (κ3) is 5.48. The number of ether oxygens (including phenoxy) is 1. The first kappa shape index (κ1) is 25.6. The number of Topliss-reactive ketones (excluding diaryl/α,β-unsaturated/α-hetero) is 1. The van der Waals surface area contributed by atoms with E-state index in [2.05, 4.69) is 5.32 Å². The van der Waals surface area contributed by atoms with Crippen LogP contribution in [0.25, 0.3) is 10.2 Å². The molecule has 37 heavy (non-hydrogen) atoms. The van der Waals surface area contributed by atoms with Crippen LogP contribution in [0.5, 0.6) is 0 Å². The molecule has 2 aliphatic rings. The van der Waals surface area contributed by atoms with Crippen LogP contribution in [-0.4, -0.2) is 57.1 Å². The Hall–Kier alpha value is -3.02. The van der Waals surface area contributed by atoms with Crippen LogP contribution in [0, 0.1) is 0 Å². The Morgan fingerprint density at radius 2 is 2.00 bits per heavy atom. The molecule has 194 valence electrons. The predicted octanol–water partition coefficient (Wildman–Crippen LogP) is 3.48. The molecule has 1 fully saturated rings. The third-order valence-corrected chi connectivity index (χ3v) is 8.78. The van der Waals surface area contributed by atoms with Gasteiger partial charge in [-0.05, 0) is 56.0 Å². The number of thiophene rings is 1. The second kappa shape index (κ2) is 10.8. The van der Waals surface area contributed by atoms with Gasteiger partial charge in [0.25, 0.3) is 5.56 Å². The number of hydrogen-bond acceptors (Lipinski definition) is 8. The molecule has 1 saturated heterocycles. The maximum atomic E-state index is 13.8. The van der Waals surface area contributed by atoms with Crippen LogP contribution in [0.4, 0.5) is 5.69 Å². The lowest BCUT2D eigenvalue weighted by atomic mass is 10.1. The van der Waals surface area contributed by atoms with Crippen LogP contribution in [0.1, 0.15) is 47.5 Å². The Kier molecular flexibility index (Phi) is 7.45. The van der Waals surface area contributed by atoms with Gasteiger partial charge in [-0.3, -0.25) is 23.7 Å². The fraction of sp³-hybridized carbons (Fsp3) is 0.423. The molecule has 0 bridgehead atoms. The number of nitrogens with zero attached hydrogens (tertiary/aromatic N) is 3. The molecule has 0 saturated carbocycles. The van der Waals surface area contributed by atoms with E-state index in [1.165, 1.54) is 30.0 Å². The van der Waals surface area contributed by atoms with Gasteiger partial charge in [-0.1, -0.05) is 11.8 Å². The van der Waals surface area contributed by atoms with Crippen molar-refractivity contribution in [1.29, 1.82) is 0 Å². The maximum absolute atomic E-state index is 13.8. The molecule has 0 radical (unpaired) electrons. The summed E-state index contributed by atoms with van der Waals surface area (Å²) in [5.74, 6) is -0.184. The molecule has 2 aliphatic heterocycles. The van der Waals surface area contributed by atoms with E-state index in [1.807, 2.05) is 0 Å². The smallest absolute Gasteiger partial charge is 0.263 e. The molecule has 0 unspecified atom stereocenters. The highest BCUT2D eigenvalue weighted by atomic mass is 32.2. The molecule has 0 spiro atoms. The topological polar surface area (TPSA) is 111 Å². The molecule has 9 nitrogen and oxygen atoms in total. The molecule has 1 aromatic carbocycles. The van der Waals surface area contributed by atoms with E-state index >= 15 is 0 Å². The molecule has 2 amide bonds. The van der Waals surface area contributed by atoms with Gasteiger partial charge >= 0.3 is 0 Å². The number of anilines is 1. The fourth-order valence-corrected chi connectivity index (χ4v) is 6.79. The fourth-order valence-electron chi connectivity index (χ4n) is 4.70. The van der Waals surface area contributed by atoms with E-state index < -0.39 is 0 Å². The summed E-state index contributed by atoms with van der Waals surface area (Å²) in [6, 6.07) is 6.73. The SMILES string of the molecule is CC(=O)c1ccc(NC(=O)CSc2nc3sc4c(c3c(=O)n2C[C@@H]2CCCO2)CCN(C(C)=O)C4)cc1. The highest BCUT2D eigenvalue weighted by Gasteiger charge is 2.27. The zero-order chi connectivity index (χ0) is 26.1. The average molecular weight is 541 g/mol. The van der Waals surface area contributed by atoms with Crippen molar-refractivity contribution in [2.75, 3.05) is 24.2 Å². The summed E-state index contributed by atoms with van der Waals surface area (Å²) in [6.07, 6.45) is 2.40. The lowest BCUT2D eigenvalue weighted by molar-refractivity contribution is -0.129. The lowest BCUT2D eigenvalue weighted by Gasteiger charge is -2.25. The number of benzene rings is 1. The summed E-state index contributed by atoms with van der Waals surface area (Å²) in [4.78, 5) is 58.1. The number of thioether (sulfide) groups is 1. The first-order chi connectivity index (χ1) is 17.8. The molecule has 3 aromatic rings. The largest absolute Gasteiger partial charge is 0.376 e. The van der Waals surface area contributed by atoms with Crippen molar-refractivity contribution in [2.45, 2.75) is 57.5 Å². The summed E-state index contributed by atoms with van der Waals surface area (Å²) in [5.41, 5.74) is 2.04. The van der Waals surface area contributed by atoms with Gasteiger partial charge in [0.1, 0.15) is 4.83 Å². The van der Waals surface area contributed by atoms with Gasteiger partial charge in [0.15, 0.2) is 10.9 Å². The minimum Gasteiger partial charge on any atom is -0.376 e. The molecule has 1 N–H and O–H groups in total. The Balaban J connectivity index is 1.41. The van der Waals surface area contributed by atoms with Crippen LogP contribution >= 0.6 is 23.1 Å². The van der Waals surface area contributed by atoms with Gasteiger partial charge in [-0.2, -0.15) is 0 Å². The van der Waals surface area contributed by atoms with Gasteiger partial charge in [0.05, 0.1) is 30.3 Å². The summed E-state index contributed by atoms with van der Waals surface area (Å²) in [7, 11) is 0. The van der Waals surface area contributed by atoms with Crippen molar-refractivity contribution in [2.24, 2.45) is 0 Å². The Morgan fingerprint density at radius 1 is 1.22 bits per heavy atom. The van der Waals surface area contributed by atoms with Crippen molar-refractivity contribution in [3.8, 4) is 0 Å². The van der Waals surface area contributed by atoms with Gasteiger partial charge in [-0.15, -0.1) is 11.3 Å². The zero-order valence-electron chi connectivity index (χ0n) is 20.7. The van der Waals surface area contributed by atoms with Crippen molar-refractivity contribution < 1.29 is 19.1 Å². The van der Waals surface area contributed by atoms with Crippen molar-refractivity contribution in [3.05, 3.63) is 50.6 Å². The Bertz CT molecular complexity index is 1420. The van der Waals surface area contributed by atoms with E-state index in [4.69, 9.17) is 9.72 Å². The normalized spacial score (nSPS) is 17.1. The molecule has 2 aromatic heterocycles. The summed E-state index contributed by atoms with van der Waals surface area (Å²) < 4.78 is 7.46. The monoisotopic (exact) mass is 540 g/mol. The quantitative estimate of drug-likeness (QED) is 0.278. The van der Waals surface area contributed by atoms with Crippen LogP contribution in [0.3, 0.4) is 0 Å². The molecule has 0 aliphatic carbocycles. The zero-order valence-corrected chi connectivity index (χ0v) is 22.4. The number of rotatable bonds is 7. The highest BCUT2D eigenvalue weighted by Crippen LogP contribution is 2.34. The van der Waals surface area contributed by atoms with E-state index in [1.54, 1.807) is 40.7 Å². The number of fused-ring (bicyclic) bond motifs is 3. The molecule has 11 heteroatoms. The second-order valence-corrected chi connectivity index (χ2v) is 11.3. The number of amides is 2. The van der Waals surface area contributed by atoms with Crippen molar-refractivity contribution in [3.63, 3.8) is 0 Å². The minimum atomic E-state index is -0.235. The summed E-state index contributed by atoms with van der Waals surface area (Å²) in [5, 5.41) is 3.94. The number of ketones is 1. The maximum Gasteiger partial charge on any atom is 0.263 e. The molecular formula is C26H28N4O5S2. The summed E-state index contributed by atoms with van der Waals surface area (Å²) in [6.45, 7) is 5.20.